The van der Waals surface area contributed by atoms with Gasteiger partial charge in [-0.3, -0.25) is 0 Å². The largest absolute Gasteiger partial charge is 0.459 e. The number of halogens is 3. The van der Waals surface area contributed by atoms with Crippen molar-refractivity contribution in [1.29, 1.82) is 0 Å². The van der Waals surface area contributed by atoms with E-state index in [1.54, 1.807) is 12.1 Å². The summed E-state index contributed by atoms with van der Waals surface area (Å²) in [5.74, 6) is 0.0781. The summed E-state index contributed by atoms with van der Waals surface area (Å²) < 4.78 is 28.3. The Hall–Kier alpha value is -0.640. The van der Waals surface area contributed by atoms with E-state index >= 15 is 0 Å². The number of benzene rings is 1. The SMILES string of the molecule is FC(F)(Br)Oc1c[c]ccc1. The third-order valence-electron chi connectivity index (χ3n) is 0.912. The molecule has 0 N–H and O–H groups in total. The quantitative estimate of drug-likeness (QED) is 0.699. The minimum Gasteiger partial charge on any atom is -0.424 e. The van der Waals surface area contributed by atoms with Gasteiger partial charge < -0.3 is 4.74 Å². The second-order valence-corrected chi connectivity index (χ2v) is 2.71. The van der Waals surface area contributed by atoms with Gasteiger partial charge in [0.15, 0.2) is 0 Å². The number of rotatable bonds is 2. The molecule has 0 aromatic heterocycles. The van der Waals surface area contributed by atoms with E-state index in [0.29, 0.717) is 0 Å². The van der Waals surface area contributed by atoms with Gasteiger partial charge in [-0.15, -0.1) is 0 Å². The predicted octanol–water partition coefficient (Wildman–Crippen LogP) is 2.81. The fourth-order valence-corrected chi connectivity index (χ4v) is 0.761. The average molecular weight is 222 g/mol. The Balaban J connectivity index is 2.66. The van der Waals surface area contributed by atoms with Crippen molar-refractivity contribution in [3.8, 4) is 5.75 Å². The Morgan fingerprint density at radius 3 is 2.73 bits per heavy atom. The summed E-state index contributed by atoms with van der Waals surface area (Å²) in [6.07, 6.45) is 0. The smallest absolute Gasteiger partial charge is 0.424 e. The Morgan fingerprint density at radius 1 is 1.55 bits per heavy atom. The summed E-state index contributed by atoms with van der Waals surface area (Å²) in [4.78, 5) is 0. The highest BCUT2D eigenvalue weighted by Gasteiger charge is 2.26. The van der Waals surface area contributed by atoms with Gasteiger partial charge in [0.05, 0.1) is 0 Å². The molecular formula is C7H4BrF2O. The van der Waals surface area contributed by atoms with Crippen molar-refractivity contribution in [3.63, 3.8) is 0 Å². The fraction of sp³-hybridized carbons (Fsp3) is 0.143. The molecule has 0 aliphatic carbocycles. The van der Waals surface area contributed by atoms with Crippen molar-refractivity contribution in [2.45, 2.75) is 5.02 Å². The molecule has 0 heterocycles. The second kappa shape index (κ2) is 3.17. The van der Waals surface area contributed by atoms with Crippen LogP contribution in [0.2, 0.25) is 0 Å². The molecule has 4 heteroatoms. The number of alkyl halides is 3. The lowest BCUT2D eigenvalue weighted by molar-refractivity contribution is -0.0803. The summed E-state index contributed by atoms with van der Waals surface area (Å²) in [5, 5.41) is -3.30. The van der Waals surface area contributed by atoms with Gasteiger partial charge >= 0.3 is 5.02 Å². The molecule has 0 atom stereocenters. The molecule has 0 amide bonds. The van der Waals surface area contributed by atoms with E-state index in [2.05, 4.69) is 10.8 Å². The van der Waals surface area contributed by atoms with Crippen molar-refractivity contribution in [3.05, 3.63) is 30.3 Å². The minimum absolute atomic E-state index is 0.0781. The summed E-state index contributed by atoms with van der Waals surface area (Å²) >= 11 is 2.05. The molecule has 0 spiro atoms. The Kier molecular flexibility index (Phi) is 2.44. The topological polar surface area (TPSA) is 9.23 Å². The van der Waals surface area contributed by atoms with E-state index in [4.69, 9.17) is 0 Å². The number of hydrogen-bond donors (Lipinski definition) is 0. The molecule has 1 radical (unpaired) electrons. The van der Waals surface area contributed by atoms with Gasteiger partial charge in [0, 0.05) is 15.9 Å². The molecule has 59 valence electrons. The molecule has 0 aliphatic heterocycles. The molecule has 1 nitrogen and oxygen atoms in total. The van der Waals surface area contributed by atoms with Crippen LogP contribution in [-0.4, -0.2) is 5.02 Å². The zero-order valence-electron chi connectivity index (χ0n) is 5.35. The van der Waals surface area contributed by atoms with Crippen LogP contribution in [0, 0.1) is 6.07 Å². The lowest BCUT2D eigenvalue weighted by Gasteiger charge is -2.09. The number of ether oxygens (including phenoxy) is 1. The summed E-state index contributed by atoms with van der Waals surface area (Å²) in [6, 6.07) is 8.52. The van der Waals surface area contributed by atoms with Crippen LogP contribution >= 0.6 is 15.9 Å². The lowest BCUT2D eigenvalue weighted by Crippen LogP contribution is -2.14. The summed E-state index contributed by atoms with van der Waals surface area (Å²) in [6.45, 7) is 0. The molecule has 0 bridgehead atoms. The minimum atomic E-state index is -3.30. The molecule has 0 saturated heterocycles. The Bertz CT molecular complexity index is 220. The summed E-state index contributed by atoms with van der Waals surface area (Å²) in [5.41, 5.74) is 0. The monoisotopic (exact) mass is 221 g/mol. The predicted molar refractivity (Wildman–Crippen MR) is 39.8 cm³/mol. The Morgan fingerprint density at radius 2 is 2.27 bits per heavy atom. The van der Waals surface area contributed by atoms with Crippen LogP contribution in [0.4, 0.5) is 8.78 Å². The van der Waals surface area contributed by atoms with Gasteiger partial charge in [-0.05, 0) is 18.2 Å². The first kappa shape index (κ1) is 8.46. The Labute approximate surface area is 71.1 Å². The van der Waals surface area contributed by atoms with E-state index in [1.807, 2.05) is 15.9 Å². The molecule has 0 saturated carbocycles. The number of hydrogen-bond acceptors (Lipinski definition) is 1. The maximum atomic E-state index is 12.1. The second-order valence-electron chi connectivity index (χ2n) is 1.79. The summed E-state index contributed by atoms with van der Waals surface area (Å²) in [7, 11) is 0. The van der Waals surface area contributed by atoms with Gasteiger partial charge in [0.2, 0.25) is 0 Å². The zero-order chi connectivity index (χ0) is 8.32. The maximum absolute atomic E-state index is 12.1. The molecule has 11 heavy (non-hydrogen) atoms. The molecular weight excluding hydrogens is 218 g/mol. The fourth-order valence-electron chi connectivity index (χ4n) is 0.574. The van der Waals surface area contributed by atoms with Gasteiger partial charge in [-0.25, -0.2) is 0 Å². The zero-order valence-corrected chi connectivity index (χ0v) is 6.94. The molecule has 0 unspecified atom stereocenters. The van der Waals surface area contributed by atoms with E-state index in [1.165, 1.54) is 12.1 Å². The molecule has 1 rings (SSSR count). The van der Waals surface area contributed by atoms with Gasteiger partial charge in [-0.2, -0.15) is 8.78 Å². The molecule has 0 fully saturated rings. The third kappa shape index (κ3) is 3.32. The third-order valence-corrected chi connectivity index (χ3v) is 1.07. The highest BCUT2D eigenvalue weighted by atomic mass is 79.9. The lowest BCUT2D eigenvalue weighted by atomic mass is 10.3. The van der Waals surface area contributed by atoms with Crippen LogP contribution in [0.3, 0.4) is 0 Å². The van der Waals surface area contributed by atoms with Crippen molar-refractivity contribution in [2.75, 3.05) is 0 Å². The standard InChI is InChI=1S/C7H4BrF2O/c8-7(9,10)11-6-4-2-1-3-5-6/h1-2,4-5H. The van der Waals surface area contributed by atoms with Crippen molar-refractivity contribution >= 4 is 15.9 Å². The van der Waals surface area contributed by atoms with Crippen molar-refractivity contribution in [1.82, 2.24) is 0 Å². The van der Waals surface area contributed by atoms with Crippen LogP contribution in [0.1, 0.15) is 0 Å². The van der Waals surface area contributed by atoms with E-state index < -0.39 is 5.02 Å². The van der Waals surface area contributed by atoms with Crippen LogP contribution < -0.4 is 4.74 Å². The first-order valence-electron chi connectivity index (χ1n) is 2.80. The van der Waals surface area contributed by atoms with Crippen LogP contribution in [0.5, 0.6) is 5.75 Å². The molecule has 0 aliphatic rings. The highest BCUT2D eigenvalue weighted by molar-refractivity contribution is 9.09. The average Bonchev–Trinajstić information content (AvgIpc) is 1.85. The van der Waals surface area contributed by atoms with Gasteiger partial charge in [0.25, 0.3) is 0 Å². The molecule has 1 aromatic carbocycles. The van der Waals surface area contributed by atoms with E-state index in [9.17, 15) is 8.78 Å². The van der Waals surface area contributed by atoms with Crippen LogP contribution in [0.25, 0.3) is 0 Å². The first-order chi connectivity index (χ1) is 5.08. The van der Waals surface area contributed by atoms with Gasteiger partial charge in [0.1, 0.15) is 5.75 Å². The van der Waals surface area contributed by atoms with Crippen molar-refractivity contribution < 1.29 is 13.5 Å². The van der Waals surface area contributed by atoms with E-state index in [-0.39, 0.29) is 5.75 Å². The van der Waals surface area contributed by atoms with Crippen molar-refractivity contribution in [2.24, 2.45) is 0 Å². The van der Waals surface area contributed by atoms with E-state index in [0.717, 1.165) is 0 Å². The maximum Gasteiger partial charge on any atom is 0.459 e. The highest BCUT2D eigenvalue weighted by Crippen LogP contribution is 2.25. The van der Waals surface area contributed by atoms with Crippen LogP contribution in [-0.2, 0) is 0 Å². The normalized spacial score (nSPS) is 11.2. The van der Waals surface area contributed by atoms with Gasteiger partial charge in [-0.1, -0.05) is 12.1 Å². The molecule has 1 aromatic rings. The van der Waals surface area contributed by atoms with Crippen LogP contribution in [0.15, 0.2) is 24.3 Å². The first-order valence-corrected chi connectivity index (χ1v) is 3.59.